The highest BCUT2D eigenvalue weighted by Crippen LogP contribution is 2.46. The molecule has 0 bridgehead atoms. The van der Waals surface area contributed by atoms with Gasteiger partial charge in [-0.05, 0) is 7.05 Å². The first-order valence-corrected chi connectivity index (χ1v) is 4.07. The zero-order valence-electron chi connectivity index (χ0n) is 8.16. The van der Waals surface area contributed by atoms with Crippen LogP contribution in [0.3, 0.4) is 0 Å². The van der Waals surface area contributed by atoms with E-state index in [9.17, 15) is 30.7 Å². The first-order chi connectivity index (χ1) is 6.95. The van der Waals surface area contributed by atoms with Crippen molar-refractivity contribution in [3.05, 3.63) is 0 Å². The molecule has 2 nitrogen and oxygen atoms in total. The number of nitrogens with zero attached hydrogens (tertiary/aromatic N) is 1. The summed E-state index contributed by atoms with van der Waals surface area (Å²) in [6.07, 6.45) is -6.31. The molecule has 0 aromatic rings. The number of halogens is 7. The third-order valence-electron chi connectivity index (χ3n) is 1.77. The maximum atomic E-state index is 12.7. The largest absolute Gasteiger partial charge is 0.459 e. The summed E-state index contributed by atoms with van der Waals surface area (Å²) < 4.78 is 85.0. The van der Waals surface area contributed by atoms with Crippen LogP contribution in [0.4, 0.5) is 30.7 Å². The highest BCUT2D eigenvalue weighted by molar-refractivity contribution is 4.92. The zero-order valence-corrected chi connectivity index (χ0v) is 8.16. The Morgan fingerprint density at radius 2 is 1.44 bits per heavy atom. The van der Waals surface area contributed by atoms with E-state index in [2.05, 4.69) is 0 Å². The summed E-state index contributed by atoms with van der Waals surface area (Å²) in [6, 6.07) is 0. The van der Waals surface area contributed by atoms with Crippen LogP contribution in [0, 0.1) is 0 Å². The second-order valence-electron chi connectivity index (χ2n) is 3.24. The lowest BCUT2D eigenvalue weighted by Crippen LogP contribution is -2.56. The smallest absolute Gasteiger partial charge is 0.395 e. The molecule has 0 aromatic carbocycles. The van der Waals surface area contributed by atoms with Gasteiger partial charge in [0, 0.05) is 6.54 Å². The van der Waals surface area contributed by atoms with E-state index in [-0.39, 0.29) is 0 Å². The van der Waals surface area contributed by atoms with Gasteiger partial charge in [0.1, 0.15) is 0 Å². The Bertz CT molecular complexity index is 227. The van der Waals surface area contributed by atoms with Crippen LogP contribution in [0.2, 0.25) is 0 Å². The Morgan fingerprint density at radius 1 is 1.00 bits per heavy atom. The van der Waals surface area contributed by atoms with E-state index in [1.807, 2.05) is 0 Å². The van der Waals surface area contributed by atoms with Gasteiger partial charge in [0.2, 0.25) is 0 Å². The number of alkyl halides is 7. The first-order valence-electron chi connectivity index (χ1n) is 4.07. The number of aliphatic hydroxyl groups is 1. The summed E-state index contributed by atoms with van der Waals surface area (Å²) in [6.45, 7) is -2.84. The van der Waals surface area contributed by atoms with Gasteiger partial charge in [-0.3, -0.25) is 4.90 Å². The fourth-order valence-electron chi connectivity index (χ4n) is 0.895. The average Bonchev–Trinajstić information content (AvgIpc) is 2.00. The topological polar surface area (TPSA) is 23.5 Å². The molecule has 0 spiro atoms. The molecule has 0 aromatic heterocycles. The van der Waals surface area contributed by atoms with Gasteiger partial charge in [-0.25, -0.2) is 0 Å². The normalized spacial score (nSPS) is 14.6. The van der Waals surface area contributed by atoms with Crippen molar-refractivity contribution in [2.75, 3.05) is 26.7 Å². The molecule has 9 heteroatoms. The second-order valence-corrected chi connectivity index (χ2v) is 3.24. The predicted octanol–water partition coefficient (Wildman–Crippen LogP) is 1.74. The van der Waals surface area contributed by atoms with Crippen LogP contribution in [0.1, 0.15) is 0 Å². The molecule has 0 saturated heterocycles. The van der Waals surface area contributed by atoms with Crippen LogP contribution in [-0.4, -0.2) is 54.8 Å². The molecule has 0 radical (unpaired) electrons. The molecular weight excluding hydrogens is 247 g/mol. The van der Waals surface area contributed by atoms with Crippen LogP contribution < -0.4 is 0 Å². The summed E-state index contributed by atoms with van der Waals surface area (Å²) in [7, 11) is 0.899. The number of hydrogen-bond acceptors (Lipinski definition) is 2. The Balaban J connectivity index is 4.77. The average molecular weight is 257 g/mol. The van der Waals surface area contributed by atoms with Crippen molar-refractivity contribution in [3.63, 3.8) is 0 Å². The van der Waals surface area contributed by atoms with Gasteiger partial charge in [-0.2, -0.15) is 30.7 Å². The van der Waals surface area contributed by atoms with Crippen LogP contribution in [0.15, 0.2) is 0 Å². The maximum absolute atomic E-state index is 12.7. The monoisotopic (exact) mass is 257 g/mol. The molecular formula is C7H10F7NO. The number of hydrogen-bond donors (Lipinski definition) is 1. The molecule has 0 unspecified atom stereocenters. The molecule has 16 heavy (non-hydrogen) atoms. The van der Waals surface area contributed by atoms with Crippen LogP contribution in [0.25, 0.3) is 0 Å². The minimum atomic E-state index is -6.31. The minimum absolute atomic E-state index is 0.427. The van der Waals surface area contributed by atoms with Crippen molar-refractivity contribution in [3.8, 4) is 0 Å². The van der Waals surface area contributed by atoms with Crippen molar-refractivity contribution >= 4 is 0 Å². The van der Waals surface area contributed by atoms with E-state index in [1.54, 1.807) is 0 Å². The molecule has 0 atom stereocenters. The summed E-state index contributed by atoms with van der Waals surface area (Å²) in [5.41, 5.74) is 0. The van der Waals surface area contributed by atoms with Gasteiger partial charge in [-0.1, -0.05) is 0 Å². The molecule has 0 amide bonds. The Labute approximate surface area is 86.6 Å². The van der Waals surface area contributed by atoms with Crippen molar-refractivity contribution in [1.29, 1.82) is 0 Å². The Morgan fingerprint density at radius 3 is 1.75 bits per heavy atom. The highest BCUT2D eigenvalue weighted by atomic mass is 19.4. The van der Waals surface area contributed by atoms with Crippen molar-refractivity contribution in [1.82, 2.24) is 4.90 Å². The Kier molecular flexibility index (Phi) is 4.57. The van der Waals surface area contributed by atoms with Crippen LogP contribution in [0.5, 0.6) is 0 Å². The third kappa shape index (κ3) is 3.21. The zero-order chi connectivity index (χ0) is 13.2. The third-order valence-corrected chi connectivity index (χ3v) is 1.77. The van der Waals surface area contributed by atoms with Crippen molar-refractivity contribution < 1.29 is 35.8 Å². The number of rotatable bonds is 5. The van der Waals surface area contributed by atoms with Crippen LogP contribution in [-0.2, 0) is 0 Å². The standard InChI is InChI=1S/C7H10F7NO/c1-15(2-3-16)4-5(8,9)6(10,11)7(12,13)14/h16H,2-4H2,1H3. The van der Waals surface area contributed by atoms with E-state index < -0.39 is 37.7 Å². The highest BCUT2D eigenvalue weighted by Gasteiger charge is 2.72. The molecule has 0 saturated carbocycles. The molecule has 0 heterocycles. The minimum Gasteiger partial charge on any atom is -0.395 e. The van der Waals surface area contributed by atoms with Crippen molar-refractivity contribution in [2.45, 2.75) is 18.0 Å². The maximum Gasteiger partial charge on any atom is 0.459 e. The van der Waals surface area contributed by atoms with Gasteiger partial charge in [0.05, 0.1) is 13.2 Å². The first kappa shape index (κ1) is 15.4. The summed E-state index contributed by atoms with van der Waals surface area (Å²) in [4.78, 5) is 0.486. The Hall–Kier alpha value is -0.570. The lowest BCUT2D eigenvalue weighted by Gasteiger charge is -2.30. The van der Waals surface area contributed by atoms with Crippen LogP contribution >= 0.6 is 0 Å². The second kappa shape index (κ2) is 4.74. The molecule has 0 fully saturated rings. The van der Waals surface area contributed by atoms with E-state index in [0.29, 0.717) is 4.90 Å². The van der Waals surface area contributed by atoms with Gasteiger partial charge in [-0.15, -0.1) is 0 Å². The lowest BCUT2D eigenvalue weighted by molar-refractivity contribution is -0.355. The van der Waals surface area contributed by atoms with Gasteiger partial charge in [0.15, 0.2) is 0 Å². The van der Waals surface area contributed by atoms with E-state index >= 15 is 0 Å². The van der Waals surface area contributed by atoms with Gasteiger partial charge < -0.3 is 5.11 Å². The summed E-state index contributed by atoms with van der Waals surface area (Å²) >= 11 is 0. The summed E-state index contributed by atoms with van der Waals surface area (Å²) in [5, 5.41) is 8.30. The number of likely N-dealkylation sites (N-methyl/N-ethyl adjacent to an activating group) is 1. The molecule has 0 aliphatic rings. The predicted molar refractivity (Wildman–Crippen MR) is 40.5 cm³/mol. The fraction of sp³-hybridized carbons (Fsp3) is 1.00. The molecule has 1 N–H and O–H groups in total. The number of aliphatic hydroxyl groups excluding tert-OH is 1. The summed E-state index contributed by atoms with van der Waals surface area (Å²) in [5.74, 6) is -11.3. The SMILES string of the molecule is CN(CCO)CC(F)(F)C(F)(F)C(F)(F)F. The van der Waals surface area contributed by atoms with Gasteiger partial charge in [0.25, 0.3) is 0 Å². The molecule has 0 aliphatic heterocycles. The fourth-order valence-corrected chi connectivity index (χ4v) is 0.895. The van der Waals surface area contributed by atoms with E-state index in [1.165, 1.54) is 0 Å². The molecule has 0 aliphatic carbocycles. The van der Waals surface area contributed by atoms with E-state index in [4.69, 9.17) is 5.11 Å². The van der Waals surface area contributed by atoms with E-state index in [0.717, 1.165) is 7.05 Å². The lowest BCUT2D eigenvalue weighted by atomic mass is 10.1. The molecule has 98 valence electrons. The van der Waals surface area contributed by atoms with Gasteiger partial charge >= 0.3 is 18.0 Å². The molecule has 0 rings (SSSR count). The van der Waals surface area contributed by atoms with Crippen molar-refractivity contribution in [2.24, 2.45) is 0 Å². The quantitative estimate of drug-likeness (QED) is 0.758.